The van der Waals surface area contributed by atoms with Crippen LogP contribution in [-0.4, -0.2) is 15.0 Å². The van der Waals surface area contributed by atoms with Crippen molar-refractivity contribution >= 4 is 27.3 Å². The van der Waals surface area contributed by atoms with Gasteiger partial charge in [0.05, 0.1) is 10.7 Å². The number of anilines is 1. The van der Waals surface area contributed by atoms with Crippen LogP contribution >= 0.6 is 11.6 Å². The Kier molecular flexibility index (Phi) is 5.52. The summed E-state index contributed by atoms with van der Waals surface area (Å²) in [5, 5.41) is 0.164. The molecule has 1 fully saturated rings. The molecule has 1 aliphatic carbocycles. The first kappa shape index (κ1) is 16.6. The monoisotopic (exact) mass is 330 g/mol. The van der Waals surface area contributed by atoms with E-state index in [0.29, 0.717) is 12.5 Å². The molecule has 1 saturated carbocycles. The number of benzene rings is 1. The summed E-state index contributed by atoms with van der Waals surface area (Å²) in [6, 6.07) is 4.73. The van der Waals surface area contributed by atoms with Crippen LogP contribution in [0.2, 0.25) is 5.02 Å². The molecule has 0 unspecified atom stereocenters. The van der Waals surface area contributed by atoms with E-state index in [2.05, 4.69) is 11.6 Å². The highest BCUT2D eigenvalue weighted by atomic mass is 35.5. The number of nitrogens with one attached hydrogen (secondary N) is 1. The molecule has 3 N–H and O–H groups in total. The maximum Gasteiger partial charge on any atom is 0.244 e. The molecule has 2 rings (SSSR count). The molecule has 1 aromatic carbocycles. The van der Waals surface area contributed by atoms with Crippen LogP contribution in [-0.2, 0) is 10.0 Å². The fourth-order valence-corrected chi connectivity index (χ4v) is 4.74. The molecule has 1 aliphatic rings. The van der Waals surface area contributed by atoms with Gasteiger partial charge in [-0.25, -0.2) is 13.1 Å². The van der Waals surface area contributed by atoms with Gasteiger partial charge in [-0.15, -0.1) is 0 Å². The highest BCUT2D eigenvalue weighted by molar-refractivity contribution is 7.89. The third-order valence-electron chi connectivity index (χ3n) is 4.37. The van der Waals surface area contributed by atoms with Crippen molar-refractivity contribution in [2.45, 2.75) is 43.9 Å². The summed E-state index contributed by atoms with van der Waals surface area (Å²) in [6.45, 7) is 2.68. The van der Waals surface area contributed by atoms with E-state index < -0.39 is 10.0 Å². The van der Waals surface area contributed by atoms with Crippen LogP contribution in [0.3, 0.4) is 0 Å². The molecular weight excluding hydrogens is 308 g/mol. The highest BCUT2D eigenvalue weighted by Crippen LogP contribution is 2.31. The van der Waals surface area contributed by atoms with E-state index >= 15 is 0 Å². The van der Waals surface area contributed by atoms with Gasteiger partial charge in [-0.05, 0) is 36.8 Å². The van der Waals surface area contributed by atoms with E-state index in [1.165, 1.54) is 19.3 Å². The second-order valence-corrected chi connectivity index (χ2v) is 7.92. The summed E-state index contributed by atoms with van der Waals surface area (Å²) in [4.78, 5) is -0.00564. The Morgan fingerprint density at radius 2 is 1.86 bits per heavy atom. The van der Waals surface area contributed by atoms with Crippen molar-refractivity contribution < 1.29 is 8.42 Å². The normalized spacial score (nSPS) is 23.1. The highest BCUT2D eigenvalue weighted by Gasteiger charge is 2.24. The molecule has 0 aromatic heterocycles. The van der Waals surface area contributed by atoms with E-state index in [-0.39, 0.29) is 15.6 Å². The minimum Gasteiger partial charge on any atom is -0.398 e. The van der Waals surface area contributed by atoms with E-state index in [0.717, 1.165) is 18.8 Å². The van der Waals surface area contributed by atoms with Crippen molar-refractivity contribution in [3.8, 4) is 0 Å². The number of hydrogen-bond acceptors (Lipinski definition) is 3. The molecule has 0 atom stereocenters. The lowest BCUT2D eigenvalue weighted by atomic mass is 9.81. The molecule has 4 nitrogen and oxygen atoms in total. The van der Waals surface area contributed by atoms with Crippen molar-refractivity contribution in [2.24, 2.45) is 11.8 Å². The van der Waals surface area contributed by atoms with Crippen molar-refractivity contribution in [2.75, 3.05) is 12.3 Å². The SMILES string of the molecule is CCC1CCC(CNS(=O)(=O)c2c(N)cccc2Cl)CC1. The van der Waals surface area contributed by atoms with Gasteiger partial charge in [0.1, 0.15) is 4.90 Å². The maximum atomic E-state index is 12.4. The minimum absolute atomic E-state index is 0.00564. The van der Waals surface area contributed by atoms with Crippen molar-refractivity contribution in [1.82, 2.24) is 4.72 Å². The molecular formula is C15H23ClN2O2S. The Morgan fingerprint density at radius 1 is 1.24 bits per heavy atom. The van der Waals surface area contributed by atoms with E-state index in [1.807, 2.05) is 0 Å². The summed E-state index contributed by atoms with van der Waals surface area (Å²) in [5.74, 6) is 1.21. The first-order valence-corrected chi connectivity index (χ1v) is 9.33. The van der Waals surface area contributed by atoms with Crippen molar-refractivity contribution in [3.63, 3.8) is 0 Å². The van der Waals surface area contributed by atoms with Crippen LogP contribution in [0.5, 0.6) is 0 Å². The second kappa shape index (κ2) is 6.99. The molecule has 118 valence electrons. The maximum absolute atomic E-state index is 12.4. The van der Waals surface area contributed by atoms with Gasteiger partial charge in [0.25, 0.3) is 0 Å². The fourth-order valence-electron chi connectivity index (χ4n) is 2.95. The Labute approximate surface area is 132 Å². The molecule has 0 bridgehead atoms. The summed E-state index contributed by atoms with van der Waals surface area (Å²) < 4.78 is 27.4. The van der Waals surface area contributed by atoms with E-state index in [1.54, 1.807) is 18.2 Å². The largest absolute Gasteiger partial charge is 0.398 e. The number of hydrogen-bond donors (Lipinski definition) is 2. The third-order valence-corrected chi connectivity index (χ3v) is 6.34. The molecule has 0 amide bonds. The average Bonchev–Trinajstić information content (AvgIpc) is 2.45. The Balaban J connectivity index is 1.99. The smallest absolute Gasteiger partial charge is 0.244 e. The first-order valence-electron chi connectivity index (χ1n) is 7.47. The van der Waals surface area contributed by atoms with Crippen molar-refractivity contribution in [1.29, 1.82) is 0 Å². The number of nitrogen functional groups attached to an aromatic ring is 1. The van der Waals surface area contributed by atoms with Gasteiger partial charge in [-0.2, -0.15) is 0 Å². The van der Waals surface area contributed by atoms with Crippen LogP contribution in [0.15, 0.2) is 23.1 Å². The lowest BCUT2D eigenvalue weighted by Gasteiger charge is -2.27. The quantitative estimate of drug-likeness (QED) is 0.812. The predicted octanol–water partition coefficient (Wildman–Crippen LogP) is 3.42. The Bertz CT molecular complexity index is 561. The number of rotatable bonds is 5. The summed E-state index contributed by atoms with van der Waals surface area (Å²) in [6.07, 6.45) is 5.76. The Morgan fingerprint density at radius 3 is 2.43 bits per heavy atom. The van der Waals surface area contributed by atoms with E-state index in [9.17, 15) is 8.42 Å². The van der Waals surface area contributed by atoms with Gasteiger partial charge >= 0.3 is 0 Å². The van der Waals surface area contributed by atoms with Gasteiger partial charge in [0, 0.05) is 6.54 Å². The molecule has 0 aliphatic heterocycles. The standard InChI is InChI=1S/C15H23ClN2O2S/c1-2-11-6-8-12(9-7-11)10-18-21(19,20)15-13(16)4-3-5-14(15)17/h3-5,11-12,18H,2,6-10,17H2,1H3. The lowest BCUT2D eigenvalue weighted by Crippen LogP contribution is -2.32. The van der Waals surface area contributed by atoms with Gasteiger partial charge in [0.15, 0.2) is 0 Å². The molecule has 1 aromatic rings. The molecule has 0 spiro atoms. The van der Waals surface area contributed by atoms with Crippen LogP contribution in [0.25, 0.3) is 0 Å². The first-order chi connectivity index (χ1) is 9.94. The Hall–Kier alpha value is -0.780. The molecule has 21 heavy (non-hydrogen) atoms. The lowest BCUT2D eigenvalue weighted by molar-refractivity contribution is 0.270. The number of halogens is 1. The zero-order chi connectivity index (χ0) is 15.5. The molecule has 0 saturated heterocycles. The molecule has 0 radical (unpaired) electrons. The zero-order valence-corrected chi connectivity index (χ0v) is 13.9. The van der Waals surface area contributed by atoms with Crippen molar-refractivity contribution in [3.05, 3.63) is 23.2 Å². The fraction of sp³-hybridized carbons (Fsp3) is 0.600. The van der Waals surface area contributed by atoms with Gasteiger partial charge in [-0.1, -0.05) is 43.9 Å². The van der Waals surface area contributed by atoms with Crippen LogP contribution < -0.4 is 10.5 Å². The van der Waals surface area contributed by atoms with Gasteiger partial charge < -0.3 is 5.73 Å². The third kappa shape index (κ3) is 4.11. The summed E-state index contributed by atoms with van der Waals surface area (Å²) in [5.41, 5.74) is 5.93. The van der Waals surface area contributed by atoms with Crippen LogP contribution in [0.1, 0.15) is 39.0 Å². The van der Waals surface area contributed by atoms with Gasteiger partial charge in [0.2, 0.25) is 10.0 Å². The molecule has 0 heterocycles. The van der Waals surface area contributed by atoms with Crippen LogP contribution in [0, 0.1) is 11.8 Å². The zero-order valence-electron chi connectivity index (χ0n) is 12.3. The van der Waals surface area contributed by atoms with Gasteiger partial charge in [-0.3, -0.25) is 0 Å². The predicted molar refractivity (Wildman–Crippen MR) is 86.8 cm³/mol. The summed E-state index contributed by atoms with van der Waals surface area (Å²) in [7, 11) is -3.65. The minimum atomic E-state index is -3.65. The second-order valence-electron chi connectivity index (χ2n) is 5.81. The number of nitrogens with two attached hydrogens (primary N) is 1. The van der Waals surface area contributed by atoms with E-state index in [4.69, 9.17) is 17.3 Å². The van der Waals surface area contributed by atoms with Crippen LogP contribution in [0.4, 0.5) is 5.69 Å². The topological polar surface area (TPSA) is 72.2 Å². The average molecular weight is 331 g/mol. The summed E-state index contributed by atoms with van der Waals surface area (Å²) >= 11 is 5.97. The molecule has 6 heteroatoms. The number of sulfonamides is 1.